The lowest BCUT2D eigenvalue weighted by atomic mass is 10.2. The standard InChI is InChI=1S/C10H11ClN2O3.C10H13ClN2O.C6H5BrN2O2.C4H9NO/c11-10-8(12-4-6-16-7-5-12)2-1-3-9(10)13(14)15;11-10-8(12)2-1-3-9(10)13-4-6-14-7-5-13;7-4-2-1-3-5(6(4)8)9(10)11;1-3-6-4-2-5-1/h1-3H,4-7H2;1-3H,4-7,12H2;1-3H,8H2;5H,1-4H2. The Hall–Kier alpha value is -3.44. The summed E-state index contributed by atoms with van der Waals surface area (Å²) in [6.07, 6.45) is 0. The summed E-state index contributed by atoms with van der Waals surface area (Å²) in [7, 11) is 0. The summed E-state index contributed by atoms with van der Waals surface area (Å²) < 4.78 is 16.1. The van der Waals surface area contributed by atoms with Gasteiger partial charge in [-0.1, -0.05) is 41.4 Å². The summed E-state index contributed by atoms with van der Waals surface area (Å²) in [5, 5.41) is 25.0. The molecule has 3 aromatic carbocycles. The van der Waals surface area contributed by atoms with Crippen molar-refractivity contribution in [2.24, 2.45) is 0 Å². The maximum absolute atomic E-state index is 10.7. The van der Waals surface area contributed by atoms with E-state index in [2.05, 4.69) is 26.1 Å². The lowest BCUT2D eigenvalue weighted by Gasteiger charge is -2.29. The average molecular weight is 759 g/mol. The zero-order valence-corrected chi connectivity index (χ0v) is 28.7. The van der Waals surface area contributed by atoms with Gasteiger partial charge in [-0.3, -0.25) is 20.2 Å². The number of nitrogens with one attached hydrogen (secondary N) is 1. The zero-order chi connectivity index (χ0) is 34.2. The number of hydrogen-bond donors (Lipinski definition) is 3. The van der Waals surface area contributed by atoms with Gasteiger partial charge >= 0.3 is 0 Å². The molecular weight excluding hydrogens is 721 g/mol. The number of hydrogen-bond acceptors (Lipinski definition) is 12. The van der Waals surface area contributed by atoms with Crippen molar-refractivity contribution in [2.75, 3.05) is 100 Å². The number of rotatable bonds is 4. The molecule has 5 N–H and O–H groups in total. The largest absolute Gasteiger partial charge is 0.397 e. The SMILES string of the molecule is C1COCCN1.Nc1c(Br)cccc1[N+](=O)[O-].Nc1cccc(N2CCOCC2)c1Cl.O=[N+]([O-])c1cccc(N2CCOCC2)c1Cl. The van der Waals surface area contributed by atoms with Gasteiger partial charge in [0.25, 0.3) is 11.4 Å². The molecule has 47 heavy (non-hydrogen) atoms. The second-order valence-corrected chi connectivity index (χ2v) is 11.6. The molecule has 3 aromatic rings. The molecule has 0 saturated carbocycles. The number of nitrogens with zero attached hydrogens (tertiary/aromatic N) is 4. The summed E-state index contributed by atoms with van der Waals surface area (Å²) in [5.74, 6) is 0. The van der Waals surface area contributed by atoms with Gasteiger partial charge in [-0.25, -0.2) is 0 Å². The summed E-state index contributed by atoms with van der Waals surface area (Å²) >= 11 is 15.2. The highest BCUT2D eigenvalue weighted by Gasteiger charge is 2.21. The first-order valence-corrected chi connectivity index (χ1v) is 16.3. The molecule has 0 atom stereocenters. The molecule has 3 heterocycles. The van der Waals surface area contributed by atoms with Gasteiger partial charge in [-0.05, 0) is 40.2 Å². The van der Waals surface area contributed by atoms with Crippen molar-refractivity contribution in [3.05, 3.63) is 89.3 Å². The third-order valence-electron chi connectivity index (χ3n) is 6.94. The van der Waals surface area contributed by atoms with E-state index < -0.39 is 9.85 Å². The van der Waals surface area contributed by atoms with Crippen molar-refractivity contribution in [1.82, 2.24) is 5.32 Å². The van der Waals surface area contributed by atoms with Crippen LogP contribution in [0.15, 0.2) is 59.1 Å². The maximum Gasteiger partial charge on any atom is 0.293 e. The Morgan fingerprint density at radius 1 is 0.681 bits per heavy atom. The van der Waals surface area contributed by atoms with Crippen LogP contribution in [0.1, 0.15) is 0 Å². The molecule has 3 fully saturated rings. The summed E-state index contributed by atoms with van der Waals surface area (Å²) in [5.41, 5.74) is 13.5. The summed E-state index contributed by atoms with van der Waals surface area (Å²) in [4.78, 5) is 24.2. The van der Waals surface area contributed by atoms with Crippen LogP contribution in [0.25, 0.3) is 0 Å². The lowest BCUT2D eigenvalue weighted by Crippen LogP contribution is -2.36. The number of ether oxygens (including phenoxy) is 3. The highest BCUT2D eigenvalue weighted by molar-refractivity contribution is 9.10. The monoisotopic (exact) mass is 757 g/mol. The van der Waals surface area contributed by atoms with Gasteiger partial charge in [0.05, 0.1) is 71.6 Å². The third kappa shape index (κ3) is 11.9. The Morgan fingerprint density at radius 3 is 1.57 bits per heavy atom. The van der Waals surface area contributed by atoms with Gasteiger partial charge in [0.15, 0.2) is 0 Å². The number of nitro benzene ring substituents is 2. The highest BCUT2D eigenvalue weighted by atomic mass is 79.9. The number of anilines is 4. The average Bonchev–Trinajstić information content (AvgIpc) is 3.09. The quantitative estimate of drug-likeness (QED) is 0.175. The number of nitro groups is 2. The van der Waals surface area contributed by atoms with E-state index in [1.165, 1.54) is 12.1 Å². The minimum atomic E-state index is -0.514. The Kier molecular flexibility index (Phi) is 16.2. The first-order chi connectivity index (χ1) is 22.6. The molecule has 256 valence electrons. The van der Waals surface area contributed by atoms with Gasteiger partial charge in [0, 0.05) is 55.9 Å². The minimum Gasteiger partial charge on any atom is -0.397 e. The number of nitrogens with two attached hydrogens (primary N) is 2. The molecule has 0 aromatic heterocycles. The molecule has 3 aliphatic heterocycles. The minimum absolute atomic E-state index is 0.0503. The van der Waals surface area contributed by atoms with Crippen LogP contribution >= 0.6 is 39.1 Å². The molecule has 0 bridgehead atoms. The Balaban J connectivity index is 0.000000178. The number of para-hydroxylation sites is 1. The summed E-state index contributed by atoms with van der Waals surface area (Å²) in [6, 6.07) is 15.2. The van der Waals surface area contributed by atoms with Crippen LogP contribution in [0, 0.1) is 20.2 Å². The Labute approximate surface area is 291 Å². The predicted octanol–water partition coefficient (Wildman–Crippen LogP) is 5.39. The van der Waals surface area contributed by atoms with Gasteiger partial charge in [0.1, 0.15) is 10.7 Å². The van der Waals surface area contributed by atoms with Crippen LogP contribution in [0.4, 0.5) is 34.1 Å². The van der Waals surface area contributed by atoms with E-state index >= 15 is 0 Å². The second-order valence-electron chi connectivity index (χ2n) is 10.0. The van der Waals surface area contributed by atoms with Crippen molar-refractivity contribution < 1.29 is 24.1 Å². The van der Waals surface area contributed by atoms with Gasteiger partial charge < -0.3 is 40.8 Å². The van der Waals surface area contributed by atoms with Gasteiger partial charge in [-0.15, -0.1) is 0 Å². The van der Waals surface area contributed by atoms with Crippen LogP contribution in [0.5, 0.6) is 0 Å². The molecule has 0 radical (unpaired) electrons. The maximum atomic E-state index is 10.7. The molecule has 0 unspecified atom stereocenters. The fourth-order valence-electron chi connectivity index (χ4n) is 4.48. The molecule has 17 heteroatoms. The predicted molar refractivity (Wildman–Crippen MR) is 189 cm³/mol. The van der Waals surface area contributed by atoms with Crippen LogP contribution in [-0.4, -0.2) is 88.8 Å². The first kappa shape index (κ1) is 38.0. The van der Waals surface area contributed by atoms with E-state index in [9.17, 15) is 20.2 Å². The third-order valence-corrected chi connectivity index (χ3v) is 8.43. The highest BCUT2D eigenvalue weighted by Crippen LogP contribution is 2.34. The van der Waals surface area contributed by atoms with E-state index in [4.69, 9.17) is 48.9 Å². The smallest absolute Gasteiger partial charge is 0.293 e. The second kappa shape index (κ2) is 20.0. The molecular formula is C30H38BrCl2N7O7. The van der Waals surface area contributed by atoms with Gasteiger partial charge in [0.2, 0.25) is 0 Å². The van der Waals surface area contributed by atoms with Crippen molar-refractivity contribution in [2.45, 2.75) is 0 Å². The Bertz CT molecular complexity index is 1450. The van der Waals surface area contributed by atoms with Crippen molar-refractivity contribution in [1.29, 1.82) is 0 Å². The normalized spacial score (nSPS) is 15.9. The first-order valence-electron chi connectivity index (χ1n) is 14.7. The van der Waals surface area contributed by atoms with E-state index in [1.807, 2.05) is 23.1 Å². The molecule has 3 aliphatic rings. The Morgan fingerprint density at radius 2 is 1.13 bits per heavy atom. The lowest BCUT2D eigenvalue weighted by molar-refractivity contribution is -0.384. The fraction of sp³-hybridized carbons (Fsp3) is 0.400. The van der Waals surface area contributed by atoms with E-state index in [-0.39, 0.29) is 22.1 Å². The number of nitrogen functional groups attached to an aromatic ring is 2. The van der Waals surface area contributed by atoms with Crippen molar-refractivity contribution in [3.63, 3.8) is 0 Å². The van der Waals surface area contributed by atoms with Crippen LogP contribution in [0.2, 0.25) is 10.0 Å². The van der Waals surface area contributed by atoms with Crippen LogP contribution in [-0.2, 0) is 14.2 Å². The topological polar surface area (TPSA) is 185 Å². The molecule has 0 aliphatic carbocycles. The van der Waals surface area contributed by atoms with E-state index in [0.29, 0.717) is 47.2 Å². The fourth-order valence-corrected chi connectivity index (χ4v) is 5.40. The number of halogens is 3. The number of morpholine rings is 3. The molecule has 0 amide bonds. The van der Waals surface area contributed by atoms with Crippen molar-refractivity contribution in [3.8, 4) is 0 Å². The number of benzene rings is 3. The molecule has 14 nitrogen and oxygen atoms in total. The molecule has 3 saturated heterocycles. The van der Waals surface area contributed by atoms with Crippen LogP contribution < -0.4 is 26.6 Å². The molecule has 0 spiro atoms. The van der Waals surface area contributed by atoms with Crippen molar-refractivity contribution >= 4 is 73.3 Å². The van der Waals surface area contributed by atoms with E-state index in [0.717, 1.165) is 58.3 Å². The zero-order valence-electron chi connectivity index (χ0n) is 25.6. The van der Waals surface area contributed by atoms with Gasteiger partial charge in [-0.2, -0.15) is 0 Å². The molecule has 6 rings (SSSR count). The van der Waals surface area contributed by atoms with E-state index in [1.54, 1.807) is 24.3 Å². The summed E-state index contributed by atoms with van der Waals surface area (Å²) in [6.45, 7) is 9.77. The van der Waals surface area contributed by atoms with Crippen LogP contribution in [0.3, 0.4) is 0 Å².